The number of rotatable bonds is 4. The minimum Gasteiger partial charge on any atom is -0.507 e. The largest absolute Gasteiger partial charge is 0.573 e. The highest BCUT2D eigenvalue weighted by atomic mass is 32.2. The Morgan fingerprint density at radius 1 is 1.17 bits per heavy atom. The summed E-state index contributed by atoms with van der Waals surface area (Å²) in [4.78, 5) is -1.17. The first kappa shape index (κ1) is 23.3. The highest BCUT2D eigenvalue weighted by Crippen LogP contribution is 2.35. The zero-order valence-corrected chi connectivity index (χ0v) is 17.5. The van der Waals surface area contributed by atoms with Crippen LogP contribution in [0.5, 0.6) is 11.5 Å². The summed E-state index contributed by atoms with van der Waals surface area (Å²) in [5.41, 5.74) is 0.958. The van der Waals surface area contributed by atoms with Gasteiger partial charge in [0.2, 0.25) is 9.84 Å². The smallest absolute Gasteiger partial charge is 0.507 e. The number of phenols is 1. The molecule has 0 saturated carbocycles. The molecule has 0 bridgehead atoms. The SMILES string of the molecule is Cc1cc(C=C(C#N)S(=O)(=O)c2cccc(OC(F)(F)F)c2)cc(C(C)(C)C)c1O. The van der Waals surface area contributed by atoms with Crippen LogP contribution in [-0.2, 0) is 15.3 Å². The molecule has 0 amide bonds. The summed E-state index contributed by atoms with van der Waals surface area (Å²) in [5, 5.41) is 19.7. The van der Waals surface area contributed by atoms with E-state index in [2.05, 4.69) is 4.74 Å². The lowest BCUT2D eigenvalue weighted by Gasteiger charge is -2.22. The van der Waals surface area contributed by atoms with Gasteiger partial charge in [0.15, 0.2) is 0 Å². The molecule has 0 radical (unpaired) electrons. The third kappa shape index (κ3) is 5.33. The van der Waals surface area contributed by atoms with E-state index in [1.165, 1.54) is 6.07 Å². The van der Waals surface area contributed by atoms with E-state index in [1.807, 2.05) is 20.8 Å². The second-order valence-corrected chi connectivity index (χ2v) is 9.55. The number of hydrogen-bond acceptors (Lipinski definition) is 5. The molecule has 30 heavy (non-hydrogen) atoms. The summed E-state index contributed by atoms with van der Waals surface area (Å²) < 4.78 is 66.7. The van der Waals surface area contributed by atoms with Crippen LogP contribution in [0.25, 0.3) is 6.08 Å². The number of halogens is 3. The number of alkyl halides is 3. The van der Waals surface area contributed by atoms with Crippen LogP contribution in [0.4, 0.5) is 13.2 Å². The summed E-state index contributed by atoms with van der Waals surface area (Å²) in [7, 11) is -4.41. The van der Waals surface area contributed by atoms with Gasteiger partial charge in [-0.1, -0.05) is 26.8 Å². The number of allylic oxidation sites excluding steroid dienone is 1. The van der Waals surface area contributed by atoms with Gasteiger partial charge < -0.3 is 9.84 Å². The lowest BCUT2D eigenvalue weighted by molar-refractivity contribution is -0.274. The Kier molecular flexibility index (Phi) is 6.23. The lowest BCUT2D eigenvalue weighted by atomic mass is 9.84. The second-order valence-electron chi connectivity index (χ2n) is 7.63. The standard InChI is InChI=1S/C21H20F3NO4S/c1-13-8-14(10-18(19(13)26)20(2,3)4)9-17(12-25)30(27,28)16-7-5-6-15(11-16)29-21(22,23)24/h5-11,26H,1-4H3. The lowest BCUT2D eigenvalue weighted by Crippen LogP contribution is -2.17. The van der Waals surface area contributed by atoms with Gasteiger partial charge in [-0.25, -0.2) is 8.42 Å². The molecule has 0 heterocycles. The fourth-order valence-electron chi connectivity index (χ4n) is 2.75. The third-order valence-corrected chi connectivity index (χ3v) is 5.84. The molecule has 9 heteroatoms. The minimum atomic E-state index is -4.98. The Bertz CT molecular complexity index is 1140. The van der Waals surface area contributed by atoms with E-state index in [1.54, 1.807) is 19.1 Å². The van der Waals surface area contributed by atoms with Crippen molar-refractivity contribution in [3.05, 3.63) is 58.0 Å². The van der Waals surface area contributed by atoms with Crippen molar-refractivity contribution in [2.24, 2.45) is 0 Å². The number of phenolic OH excluding ortho intramolecular Hbond substituents is 1. The molecule has 5 nitrogen and oxygen atoms in total. The highest BCUT2D eigenvalue weighted by molar-refractivity contribution is 7.95. The fourth-order valence-corrected chi connectivity index (χ4v) is 3.94. The van der Waals surface area contributed by atoms with Gasteiger partial charge in [0.25, 0.3) is 0 Å². The maximum absolute atomic E-state index is 12.8. The van der Waals surface area contributed by atoms with E-state index >= 15 is 0 Å². The average molecular weight is 439 g/mol. The van der Waals surface area contributed by atoms with Crippen molar-refractivity contribution in [1.82, 2.24) is 0 Å². The van der Waals surface area contributed by atoms with Crippen LogP contribution in [-0.4, -0.2) is 19.9 Å². The first-order valence-electron chi connectivity index (χ1n) is 8.72. The van der Waals surface area contributed by atoms with Gasteiger partial charge in [-0.05, 0) is 59.9 Å². The van der Waals surface area contributed by atoms with Crippen LogP contribution >= 0.6 is 0 Å². The van der Waals surface area contributed by atoms with E-state index in [4.69, 9.17) is 0 Å². The van der Waals surface area contributed by atoms with Crippen LogP contribution in [0.15, 0.2) is 46.2 Å². The van der Waals surface area contributed by atoms with Crippen molar-refractivity contribution in [2.75, 3.05) is 0 Å². The Balaban J connectivity index is 2.57. The highest BCUT2D eigenvalue weighted by Gasteiger charge is 2.32. The summed E-state index contributed by atoms with van der Waals surface area (Å²) in [5.74, 6) is -0.644. The van der Waals surface area contributed by atoms with Gasteiger partial charge in [-0.15, -0.1) is 13.2 Å². The number of sulfone groups is 1. The first-order chi connectivity index (χ1) is 13.6. The number of aryl methyl sites for hydroxylation is 1. The molecule has 0 spiro atoms. The Labute approximate surface area is 173 Å². The second kappa shape index (κ2) is 8.03. The Morgan fingerprint density at radius 3 is 2.33 bits per heavy atom. The van der Waals surface area contributed by atoms with Crippen LogP contribution < -0.4 is 4.74 Å². The van der Waals surface area contributed by atoms with Crippen molar-refractivity contribution in [3.63, 3.8) is 0 Å². The molecule has 2 aromatic rings. The molecule has 0 fully saturated rings. The van der Waals surface area contributed by atoms with E-state index < -0.39 is 37.2 Å². The number of ether oxygens (including phenoxy) is 1. The van der Waals surface area contributed by atoms with Crippen LogP contribution in [0.2, 0.25) is 0 Å². The van der Waals surface area contributed by atoms with E-state index in [0.29, 0.717) is 22.8 Å². The van der Waals surface area contributed by atoms with Gasteiger partial charge >= 0.3 is 6.36 Å². The number of aromatic hydroxyl groups is 1. The minimum absolute atomic E-state index is 0.0676. The van der Waals surface area contributed by atoms with Crippen LogP contribution in [0.1, 0.15) is 37.5 Å². The molecule has 2 aromatic carbocycles. The number of hydrogen-bond donors (Lipinski definition) is 1. The quantitative estimate of drug-likeness (QED) is 0.659. The topological polar surface area (TPSA) is 87.4 Å². The third-order valence-electron chi connectivity index (χ3n) is 4.18. The maximum Gasteiger partial charge on any atom is 0.573 e. The Morgan fingerprint density at radius 2 is 1.80 bits per heavy atom. The molecule has 0 saturated heterocycles. The van der Waals surface area contributed by atoms with Crippen molar-refractivity contribution in [1.29, 1.82) is 5.26 Å². The van der Waals surface area contributed by atoms with Crippen molar-refractivity contribution < 1.29 is 31.4 Å². The molecule has 0 aliphatic rings. The molecule has 0 unspecified atom stereocenters. The molecule has 0 aliphatic heterocycles. The van der Waals surface area contributed by atoms with Gasteiger partial charge in [0, 0.05) is 5.56 Å². The van der Waals surface area contributed by atoms with E-state index in [0.717, 1.165) is 24.3 Å². The molecular weight excluding hydrogens is 419 g/mol. The fraction of sp³-hybridized carbons (Fsp3) is 0.286. The van der Waals surface area contributed by atoms with Gasteiger partial charge in [0.05, 0.1) is 4.90 Å². The summed E-state index contributed by atoms with van der Waals surface area (Å²) >= 11 is 0. The summed E-state index contributed by atoms with van der Waals surface area (Å²) in [6, 6.07) is 8.51. The summed E-state index contributed by atoms with van der Waals surface area (Å²) in [6.07, 6.45) is -3.86. The molecule has 1 N–H and O–H groups in total. The normalized spacial score (nSPS) is 13.1. The summed E-state index contributed by atoms with van der Waals surface area (Å²) in [6.45, 7) is 7.23. The van der Waals surface area contributed by atoms with Crippen molar-refractivity contribution in [3.8, 4) is 17.6 Å². The monoisotopic (exact) mass is 439 g/mol. The van der Waals surface area contributed by atoms with Gasteiger partial charge in [-0.2, -0.15) is 5.26 Å². The molecule has 0 aliphatic carbocycles. The number of nitriles is 1. The Hall–Kier alpha value is -2.99. The molecule has 0 aromatic heterocycles. The van der Waals surface area contributed by atoms with Crippen molar-refractivity contribution >= 4 is 15.9 Å². The molecular formula is C21H20F3NO4S. The van der Waals surface area contributed by atoms with Gasteiger partial charge in [-0.3, -0.25) is 0 Å². The van der Waals surface area contributed by atoms with Crippen molar-refractivity contribution in [2.45, 2.75) is 44.4 Å². The zero-order chi connectivity index (χ0) is 22.9. The van der Waals surface area contributed by atoms with E-state index in [9.17, 15) is 32.0 Å². The zero-order valence-electron chi connectivity index (χ0n) is 16.7. The molecule has 0 atom stereocenters. The maximum atomic E-state index is 12.8. The molecule has 160 valence electrons. The average Bonchev–Trinajstić information content (AvgIpc) is 2.60. The molecule has 2 rings (SSSR count). The number of nitrogens with zero attached hydrogens (tertiary/aromatic N) is 1. The van der Waals surface area contributed by atoms with E-state index in [-0.39, 0.29) is 5.75 Å². The predicted molar refractivity (Wildman–Crippen MR) is 105 cm³/mol. The first-order valence-corrected chi connectivity index (χ1v) is 10.2. The van der Waals surface area contributed by atoms with Crippen LogP contribution in [0.3, 0.4) is 0 Å². The van der Waals surface area contributed by atoms with Gasteiger partial charge in [0.1, 0.15) is 22.5 Å². The van der Waals surface area contributed by atoms with Crippen LogP contribution in [0, 0.1) is 18.3 Å². The number of benzene rings is 2. The predicted octanol–water partition coefficient (Wildman–Crippen LogP) is 5.24.